The number of hydrogen-bond donors (Lipinski definition) is 2. The summed E-state index contributed by atoms with van der Waals surface area (Å²) in [5.41, 5.74) is 4.50. The van der Waals surface area contributed by atoms with Gasteiger partial charge >= 0.3 is 0 Å². The molecule has 0 unspecified atom stereocenters. The standard InChI is InChI=1S/C17H18N4O/c1-21-17(11-2-3-11)12(10-20-21)9-19-13-4-5-14-15(8-13)18-7-6-16(14)22/h4-8,10-11,19H,2-3,9H2,1H3,(H,18,22). The van der Waals surface area contributed by atoms with Crippen LogP contribution in [0.25, 0.3) is 10.9 Å². The normalized spacial score (nSPS) is 14.4. The van der Waals surface area contributed by atoms with Gasteiger partial charge in [0.2, 0.25) is 0 Å². The lowest BCUT2D eigenvalue weighted by Crippen LogP contribution is -2.05. The molecule has 1 aliphatic carbocycles. The van der Waals surface area contributed by atoms with E-state index in [1.54, 1.807) is 12.3 Å². The molecule has 1 fully saturated rings. The average molecular weight is 294 g/mol. The van der Waals surface area contributed by atoms with E-state index in [9.17, 15) is 4.79 Å². The minimum atomic E-state index is 0.0450. The van der Waals surface area contributed by atoms with Crippen molar-refractivity contribution in [3.63, 3.8) is 0 Å². The van der Waals surface area contributed by atoms with Gasteiger partial charge in [0, 0.05) is 54.1 Å². The Morgan fingerprint density at radius 1 is 1.36 bits per heavy atom. The summed E-state index contributed by atoms with van der Waals surface area (Å²) in [5.74, 6) is 0.678. The number of benzene rings is 1. The zero-order chi connectivity index (χ0) is 15.1. The molecule has 0 aliphatic heterocycles. The summed E-state index contributed by atoms with van der Waals surface area (Å²) < 4.78 is 1.99. The Balaban J connectivity index is 1.58. The second-order valence-electron chi connectivity index (χ2n) is 5.91. The van der Waals surface area contributed by atoms with Gasteiger partial charge in [0.25, 0.3) is 0 Å². The quantitative estimate of drug-likeness (QED) is 0.777. The molecule has 1 aliphatic rings. The van der Waals surface area contributed by atoms with Crippen LogP contribution in [0.5, 0.6) is 0 Å². The smallest absolute Gasteiger partial charge is 0.189 e. The topological polar surface area (TPSA) is 62.7 Å². The molecule has 0 atom stereocenters. The fourth-order valence-electron chi connectivity index (χ4n) is 2.99. The molecular weight excluding hydrogens is 276 g/mol. The molecule has 2 N–H and O–H groups in total. The number of anilines is 1. The van der Waals surface area contributed by atoms with Crippen LogP contribution in [0.3, 0.4) is 0 Å². The van der Waals surface area contributed by atoms with Crippen LogP contribution in [-0.4, -0.2) is 14.8 Å². The molecule has 2 heterocycles. The van der Waals surface area contributed by atoms with E-state index in [-0.39, 0.29) is 5.43 Å². The first-order valence-electron chi connectivity index (χ1n) is 7.58. The lowest BCUT2D eigenvalue weighted by molar-refractivity contribution is 0.710. The molecule has 5 nitrogen and oxygen atoms in total. The van der Waals surface area contributed by atoms with Crippen LogP contribution >= 0.6 is 0 Å². The van der Waals surface area contributed by atoms with Gasteiger partial charge in [-0.25, -0.2) is 0 Å². The number of fused-ring (bicyclic) bond motifs is 1. The molecule has 0 bridgehead atoms. The average Bonchev–Trinajstić information content (AvgIpc) is 3.29. The first-order valence-corrected chi connectivity index (χ1v) is 7.58. The first kappa shape index (κ1) is 13.1. The van der Waals surface area contributed by atoms with Crippen molar-refractivity contribution in [3.05, 3.63) is 58.1 Å². The molecule has 5 heteroatoms. The van der Waals surface area contributed by atoms with Crippen LogP contribution in [0.1, 0.15) is 30.0 Å². The molecule has 2 aromatic heterocycles. The highest BCUT2D eigenvalue weighted by molar-refractivity contribution is 5.81. The molecular formula is C17H18N4O. The SMILES string of the molecule is Cn1ncc(CNc2ccc3c(=O)cc[nH]c3c2)c1C1CC1. The fourth-order valence-corrected chi connectivity index (χ4v) is 2.99. The minimum Gasteiger partial charge on any atom is -0.381 e. The predicted molar refractivity (Wildman–Crippen MR) is 87.1 cm³/mol. The molecule has 0 spiro atoms. The lowest BCUT2D eigenvalue weighted by atomic mass is 10.1. The number of nitrogens with zero attached hydrogens (tertiary/aromatic N) is 2. The summed E-state index contributed by atoms with van der Waals surface area (Å²) in [7, 11) is 2.01. The maximum atomic E-state index is 11.7. The first-order chi connectivity index (χ1) is 10.7. The second-order valence-corrected chi connectivity index (χ2v) is 5.91. The van der Waals surface area contributed by atoms with Gasteiger partial charge in [0.05, 0.1) is 11.7 Å². The Morgan fingerprint density at radius 3 is 3.05 bits per heavy atom. The van der Waals surface area contributed by atoms with Gasteiger partial charge in [0.1, 0.15) is 0 Å². The summed E-state index contributed by atoms with van der Waals surface area (Å²) in [4.78, 5) is 14.9. The maximum absolute atomic E-state index is 11.7. The Kier molecular flexibility index (Phi) is 2.99. The third-order valence-electron chi connectivity index (χ3n) is 4.27. The van der Waals surface area contributed by atoms with Gasteiger partial charge in [-0.05, 0) is 31.0 Å². The van der Waals surface area contributed by atoms with Crippen molar-refractivity contribution in [2.75, 3.05) is 5.32 Å². The second kappa shape index (κ2) is 5.02. The molecule has 1 saturated carbocycles. The number of H-pyrrole nitrogens is 1. The van der Waals surface area contributed by atoms with Crippen LogP contribution in [-0.2, 0) is 13.6 Å². The maximum Gasteiger partial charge on any atom is 0.189 e. The number of aromatic amines is 1. The summed E-state index contributed by atoms with van der Waals surface area (Å²) in [6.45, 7) is 0.752. The van der Waals surface area contributed by atoms with E-state index in [0.29, 0.717) is 11.3 Å². The summed E-state index contributed by atoms with van der Waals surface area (Å²) in [6.07, 6.45) is 6.16. The van der Waals surface area contributed by atoms with Crippen molar-refractivity contribution >= 4 is 16.6 Å². The van der Waals surface area contributed by atoms with Crippen LogP contribution in [0.15, 0.2) is 41.5 Å². The zero-order valence-electron chi connectivity index (χ0n) is 12.5. The van der Waals surface area contributed by atoms with Crippen molar-refractivity contribution < 1.29 is 0 Å². The van der Waals surface area contributed by atoms with E-state index in [0.717, 1.165) is 17.7 Å². The Hall–Kier alpha value is -2.56. The Morgan fingerprint density at radius 2 is 2.23 bits per heavy atom. The molecule has 0 radical (unpaired) electrons. The van der Waals surface area contributed by atoms with E-state index >= 15 is 0 Å². The summed E-state index contributed by atoms with van der Waals surface area (Å²) in [5, 5.41) is 8.53. The van der Waals surface area contributed by atoms with Gasteiger partial charge in [0.15, 0.2) is 5.43 Å². The number of nitrogens with one attached hydrogen (secondary N) is 2. The molecule has 3 aromatic rings. The van der Waals surface area contributed by atoms with Crippen LogP contribution in [0, 0.1) is 0 Å². The van der Waals surface area contributed by atoms with Crippen molar-refractivity contribution in [3.8, 4) is 0 Å². The van der Waals surface area contributed by atoms with Gasteiger partial charge in [-0.3, -0.25) is 9.48 Å². The third kappa shape index (κ3) is 2.28. The Labute approximate surface area is 128 Å². The molecule has 22 heavy (non-hydrogen) atoms. The molecule has 112 valence electrons. The van der Waals surface area contributed by atoms with E-state index < -0.39 is 0 Å². The summed E-state index contributed by atoms with van der Waals surface area (Å²) in [6, 6.07) is 7.34. The van der Waals surface area contributed by atoms with Crippen LogP contribution in [0.4, 0.5) is 5.69 Å². The van der Waals surface area contributed by atoms with E-state index in [1.165, 1.54) is 24.1 Å². The van der Waals surface area contributed by atoms with E-state index in [1.807, 2.05) is 36.1 Å². The van der Waals surface area contributed by atoms with Crippen molar-refractivity contribution in [1.82, 2.24) is 14.8 Å². The number of rotatable bonds is 4. The number of pyridine rings is 1. The van der Waals surface area contributed by atoms with Gasteiger partial charge in [-0.2, -0.15) is 5.10 Å². The van der Waals surface area contributed by atoms with Gasteiger partial charge < -0.3 is 10.3 Å². The monoisotopic (exact) mass is 294 g/mol. The van der Waals surface area contributed by atoms with Crippen molar-refractivity contribution in [2.45, 2.75) is 25.3 Å². The highest BCUT2D eigenvalue weighted by atomic mass is 16.1. The summed E-state index contributed by atoms with van der Waals surface area (Å²) >= 11 is 0. The van der Waals surface area contributed by atoms with Gasteiger partial charge in [-0.15, -0.1) is 0 Å². The van der Waals surface area contributed by atoms with Crippen molar-refractivity contribution in [2.24, 2.45) is 7.05 Å². The van der Waals surface area contributed by atoms with Crippen LogP contribution < -0.4 is 10.7 Å². The Bertz CT molecular complexity index is 889. The molecule has 4 rings (SSSR count). The molecule has 0 saturated heterocycles. The lowest BCUT2D eigenvalue weighted by Gasteiger charge is -2.09. The predicted octanol–water partition coefficient (Wildman–Crippen LogP) is 2.75. The van der Waals surface area contributed by atoms with Crippen LogP contribution in [0.2, 0.25) is 0 Å². The molecule has 0 amide bonds. The largest absolute Gasteiger partial charge is 0.381 e. The fraction of sp³-hybridized carbons (Fsp3) is 0.294. The van der Waals surface area contributed by atoms with Crippen molar-refractivity contribution in [1.29, 1.82) is 0 Å². The van der Waals surface area contributed by atoms with E-state index in [4.69, 9.17) is 0 Å². The zero-order valence-corrected chi connectivity index (χ0v) is 12.5. The number of aryl methyl sites for hydroxylation is 1. The minimum absolute atomic E-state index is 0.0450. The third-order valence-corrected chi connectivity index (χ3v) is 4.27. The van der Waals surface area contributed by atoms with Gasteiger partial charge in [-0.1, -0.05) is 0 Å². The van der Waals surface area contributed by atoms with E-state index in [2.05, 4.69) is 15.4 Å². The number of aromatic nitrogens is 3. The highest BCUT2D eigenvalue weighted by Gasteiger charge is 2.29. The number of hydrogen-bond acceptors (Lipinski definition) is 3. The highest BCUT2D eigenvalue weighted by Crippen LogP contribution is 2.41. The molecule has 1 aromatic carbocycles.